The number of anilines is 2. The van der Waals surface area contributed by atoms with Crippen LogP contribution in [-0.2, 0) is 4.79 Å². The Morgan fingerprint density at radius 2 is 1.95 bits per heavy atom. The highest BCUT2D eigenvalue weighted by atomic mass is 35.5. The van der Waals surface area contributed by atoms with Gasteiger partial charge in [0, 0.05) is 9.79 Å². The molecule has 0 bridgehead atoms. The molecule has 2 aromatic rings. The van der Waals surface area contributed by atoms with Crippen LogP contribution in [0.2, 0.25) is 0 Å². The minimum atomic E-state index is -0.162. The van der Waals surface area contributed by atoms with Crippen LogP contribution in [0.25, 0.3) is 0 Å². The van der Waals surface area contributed by atoms with E-state index < -0.39 is 0 Å². The van der Waals surface area contributed by atoms with E-state index in [1.54, 1.807) is 23.8 Å². The maximum Gasteiger partial charge on any atom is 0.246 e. The zero-order valence-electron chi connectivity index (χ0n) is 10.8. The van der Waals surface area contributed by atoms with E-state index in [-0.39, 0.29) is 11.8 Å². The number of fused-ring (bicyclic) bond motifs is 2. The van der Waals surface area contributed by atoms with Gasteiger partial charge in [-0.1, -0.05) is 30.0 Å². The van der Waals surface area contributed by atoms with Crippen molar-refractivity contribution in [1.82, 2.24) is 0 Å². The van der Waals surface area contributed by atoms with Crippen LogP contribution in [0.4, 0.5) is 11.4 Å². The molecular formula is C15H12ClNO2S. The molecule has 0 spiro atoms. The topological polar surface area (TPSA) is 29.5 Å². The second-order valence-electron chi connectivity index (χ2n) is 4.24. The molecule has 0 N–H and O–H groups in total. The van der Waals surface area contributed by atoms with Crippen molar-refractivity contribution in [2.24, 2.45) is 0 Å². The number of carbonyl (C=O) groups is 1. The van der Waals surface area contributed by atoms with Crippen LogP contribution < -0.4 is 9.64 Å². The lowest BCUT2D eigenvalue weighted by molar-refractivity contribution is -0.115. The van der Waals surface area contributed by atoms with Gasteiger partial charge in [0.15, 0.2) is 0 Å². The maximum atomic E-state index is 12.3. The number of halogens is 1. The highest BCUT2D eigenvalue weighted by Gasteiger charge is 2.30. The number of nitrogens with zero attached hydrogens (tertiary/aromatic N) is 1. The Morgan fingerprint density at radius 3 is 2.70 bits per heavy atom. The molecule has 1 aliphatic rings. The molecule has 1 amide bonds. The van der Waals surface area contributed by atoms with Crippen LogP contribution in [0.15, 0.2) is 52.3 Å². The monoisotopic (exact) mass is 305 g/mol. The first-order valence-electron chi connectivity index (χ1n) is 6.09. The molecule has 1 aliphatic heterocycles. The molecule has 5 heteroatoms. The molecule has 3 rings (SSSR count). The predicted molar refractivity (Wildman–Crippen MR) is 81.4 cm³/mol. The molecule has 20 heavy (non-hydrogen) atoms. The van der Waals surface area contributed by atoms with Gasteiger partial charge in [0.05, 0.1) is 12.8 Å². The third-order valence-electron chi connectivity index (χ3n) is 3.10. The van der Waals surface area contributed by atoms with Crippen molar-refractivity contribution in [1.29, 1.82) is 0 Å². The summed E-state index contributed by atoms with van der Waals surface area (Å²) in [6, 6.07) is 13.5. The molecule has 102 valence electrons. The molecule has 0 saturated carbocycles. The molecule has 0 aliphatic carbocycles. The number of carbonyl (C=O) groups excluding carboxylic acids is 1. The first kappa shape index (κ1) is 13.3. The molecular weight excluding hydrogens is 294 g/mol. The summed E-state index contributed by atoms with van der Waals surface area (Å²) in [7, 11) is 1.60. The number of para-hydroxylation sites is 2. The number of amides is 1. The van der Waals surface area contributed by atoms with E-state index in [0.717, 1.165) is 21.2 Å². The number of rotatable bonds is 2. The largest absolute Gasteiger partial charge is 0.495 e. The molecule has 2 aromatic carbocycles. The summed E-state index contributed by atoms with van der Waals surface area (Å²) in [5.74, 6) is 0.435. The molecule has 0 fully saturated rings. The number of methoxy groups -OCH3 is 1. The highest BCUT2D eigenvalue weighted by molar-refractivity contribution is 7.99. The Kier molecular flexibility index (Phi) is 3.59. The number of hydrogen-bond acceptors (Lipinski definition) is 3. The van der Waals surface area contributed by atoms with Crippen LogP contribution in [0.3, 0.4) is 0 Å². The van der Waals surface area contributed by atoms with Crippen molar-refractivity contribution in [2.45, 2.75) is 9.79 Å². The van der Waals surface area contributed by atoms with Gasteiger partial charge >= 0.3 is 0 Å². The average molecular weight is 306 g/mol. The van der Waals surface area contributed by atoms with Crippen molar-refractivity contribution < 1.29 is 9.53 Å². The fourth-order valence-corrected chi connectivity index (χ4v) is 3.46. The van der Waals surface area contributed by atoms with E-state index in [1.165, 1.54) is 0 Å². The molecule has 0 saturated heterocycles. The lowest BCUT2D eigenvalue weighted by Crippen LogP contribution is -2.29. The van der Waals surface area contributed by atoms with E-state index in [2.05, 4.69) is 0 Å². The molecule has 0 aromatic heterocycles. The van der Waals surface area contributed by atoms with Crippen LogP contribution in [0, 0.1) is 0 Å². The average Bonchev–Trinajstić information content (AvgIpc) is 2.51. The Bertz CT molecular complexity index is 675. The van der Waals surface area contributed by atoms with Gasteiger partial charge in [-0.25, -0.2) is 0 Å². The normalized spacial score (nSPS) is 12.6. The lowest BCUT2D eigenvalue weighted by Gasteiger charge is -2.31. The molecule has 0 radical (unpaired) electrons. The SMILES string of the molecule is COc1cccc2c1N(C(=O)CCl)c1ccccc1S2. The highest BCUT2D eigenvalue weighted by Crippen LogP contribution is 2.51. The second-order valence-corrected chi connectivity index (χ2v) is 5.59. The third kappa shape index (κ3) is 2.05. The van der Waals surface area contributed by atoms with Gasteiger partial charge in [-0.2, -0.15) is 0 Å². The lowest BCUT2D eigenvalue weighted by atomic mass is 10.2. The minimum absolute atomic E-state index is 0.0729. The van der Waals surface area contributed by atoms with Crippen LogP contribution >= 0.6 is 23.4 Å². The molecule has 0 atom stereocenters. The van der Waals surface area contributed by atoms with E-state index in [9.17, 15) is 4.79 Å². The summed E-state index contributed by atoms with van der Waals surface area (Å²) < 4.78 is 5.40. The van der Waals surface area contributed by atoms with Gasteiger partial charge < -0.3 is 4.74 Å². The van der Waals surface area contributed by atoms with Crippen LogP contribution in [0.1, 0.15) is 0 Å². The van der Waals surface area contributed by atoms with Crippen molar-refractivity contribution >= 4 is 40.6 Å². The smallest absolute Gasteiger partial charge is 0.246 e. The number of alkyl halides is 1. The first-order chi connectivity index (χ1) is 9.76. The van der Waals surface area contributed by atoms with Gasteiger partial charge in [0.2, 0.25) is 5.91 Å². The predicted octanol–water partition coefficient (Wildman–Crippen LogP) is 4.06. The van der Waals surface area contributed by atoms with Crippen LogP contribution in [-0.4, -0.2) is 18.9 Å². The van der Waals surface area contributed by atoms with E-state index in [1.807, 2.05) is 42.5 Å². The summed E-state index contributed by atoms with van der Waals surface area (Å²) in [5, 5.41) is 0. The van der Waals surface area contributed by atoms with Gasteiger partial charge in [-0.3, -0.25) is 9.69 Å². The van der Waals surface area contributed by atoms with E-state index in [4.69, 9.17) is 16.3 Å². The van der Waals surface area contributed by atoms with Crippen LogP contribution in [0.5, 0.6) is 5.75 Å². The van der Waals surface area contributed by atoms with Gasteiger partial charge in [-0.05, 0) is 24.3 Å². The second kappa shape index (κ2) is 5.38. The number of hydrogen-bond donors (Lipinski definition) is 0. The van der Waals surface area contributed by atoms with Crippen molar-refractivity contribution in [3.8, 4) is 5.75 Å². The number of benzene rings is 2. The quantitative estimate of drug-likeness (QED) is 0.784. The standard InChI is InChI=1S/C15H12ClNO2S/c1-19-11-6-4-8-13-15(11)17(14(18)9-16)10-5-2-3-7-12(10)20-13/h2-8H,9H2,1H3. The third-order valence-corrected chi connectivity index (χ3v) is 4.44. The fourth-order valence-electron chi connectivity index (χ4n) is 2.26. The zero-order valence-corrected chi connectivity index (χ0v) is 12.4. The summed E-state index contributed by atoms with van der Waals surface area (Å²) in [6.07, 6.45) is 0. The Hall–Kier alpha value is -1.65. The van der Waals surface area contributed by atoms with E-state index >= 15 is 0 Å². The summed E-state index contributed by atoms with van der Waals surface area (Å²) in [5.41, 5.74) is 1.62. The summed E-state index contributed by atoms with van der Waals surface area (Å²) in [4.78, 5) is 16.0. The van der Waals surface area contributed by atoms with Crippen molar-refractivity contribution in [2.75, 3.05) is 17.9 Å². The van der Waals surface area contributed by atoms with Crippen molar-refractivity contribution in [3.63, 3.8) is 0 Å². The van der Waals surface area contributed by atoms with Gasteiger partial charge in [-0.15, -0.1) is 11.6 Å². The van der Waals surface area contributed by atoms with Gasteiger partial charge in [0.1, 0.15) is 17.3 Å². The fraction of sp³-hybridized carbons (Fsp3) is 0.133. The molecule has 1 heterocycles. The van der Waals surface area contributed by atoms with Crippen molar-refractivity contribution in [3.05, 3.63) is 42.5 Å². The Morgan fingerprint density at radius 1 is 1.20 bits per heavy atom. The maximum absolute atomic E-state index is 12.3. The van der Waals surface area contributed by atoms with E-state index in [0.29, 0.717) is 5.75 Å². The zero-order chi connectivity index (χ0) is 14.1. The summed E-state index contributed by atoms with van der Waals surface area (Å²) in [6.45, 7) is 0. The Balaban J connectivity index is 2.25. The van der Waals surface area contributed by atoms with Gasteiger partial charge in [0.25, 0.3) is 0 Å². The first-order valence-corrected chi connectivity index (χ1v) is 7.44. The molecule has 0 unspecified atom stereocenters. The number of ether oxygens (including phenoxy) is 1. The molecule has 3 nitrogen and oxygen atoms in total. The Labute approximate surface area is 126 Å². The summed E-state index contributed by atoms with van der Waals surface area (Å²) >= 11 is 7.40. The minimum Gasteiger partial charge on any atom is -0.495 e.